The first-order chi connectivity index (χ1) is 12.1. The van der Waals surface area contributed by atoms with Crippen molar-refractivity contribution in [2.24, 2.45) is 16.3 Å². The molecule has 0 amide bonds. The van der Waals surface area contributed by atoms with Crippen LogP contribution in [-0.2, 0) is 4.74 Å². The standard InChI is InChI=1S/C20H38N4O/c1-4-21-19(24-11-8-20(15-24)9-12-25-16-20)22-13-18-7-5-6-10-23(18)14-17(2)3/h17-18H,4-16H2,1-3H3,(H,21,22). The Morgan fingerprint density at radius 2 is 2.16 bits per heavy atom. The van der Waals surface area contributed by atoms with Crippen LogP contribution < -0.4 is 5.32 Å². The Morgan fingerprint density at radius 1 is 1.28 bits per heavy atom. The molecule has 2 unspecified atom stereocenters. The molecule has 3 aliphatic heterocycles. The summed E-state index contributed by atoms with van der Waals surface area (Å²) in [6, 6.07) is 0.621. The van der Waals surface area contributed by atoms with E-state index >= 15 is 0 Å². The Kier molecular flexibility index (Phi) is 6.61. The average Bonchev–Trinajstić information content (AvgIpc) is 3.22. The topological polar surface area (TPSA) is 40.1 Å². The van der Waals surface area contributed by atoms with Gasteiger partial charge in [-0.3, -0.25) is 9.89 Å². The van der Waals surface area contributed by atoms with E-state index < -0.39 is 0 Å². The van der Waals surface area contributed by atoms with Gasteiger partial charge in [-0.1, -0.05) is 20.3 Å². The van der Waals surface area contributed by atoms with Gasteiger partial charge in [0.15, 0.2) is 5.96 Å². The average molecular weight is 351 g/mol. The van der Waals surface area contributed by atoms with Crippen molar-refractivity contribution in [2.45, 2.75) is 58.9 Å². The Labute approximate surface area is 154 Å². The van der Waals surface area contributed by atoms with Crippen LogP contribution in [-0.4, -0.2) is 74.3 Å². The summed E-state index contributed by atoms with van der Waals surface area (Å²) in [7, 11) is 0. The van der Waals surface area contributed by atoms with Gasteiger partial charge in [0, 0.05) is 44.2 Å². The number of nitrogens with one attached hydrogen (secondary N) is 1. The van der Waals surface area contributed by atoms with Crippen LogP contribution in [0.3, 0.4) is 0 Å². The van der Waals surface area contributed by atoms with Crippen LogP contribution in [0.2, 0.25) is 0 Å². The predicted octanol–water partition coefficient (Wildman–Crippen LogP) is 2.57. The predicted molar refractivity (Wildman–Crippen MR) is 104 cm³/mol. The lowest BCUT2D eigenvalue weighted by molar-refractivity contribution is 0.136. The van der Waals surface area contributed by atoms with Gasteiger partial charge in [0.25, 0.3) is 0 Å². The zero-order valence-corrected chi connectivity index (χ0v) is 16.6. The highest BCUT2D eigenvalue weighted by Crippen LogP contribution is 2.38. The maximum Gasteiger partial charge on any atom is 0.193 e. The Hall–Kier alpha value is -0.810. The van der Waals surface area contributed by atoms with Crippen molar-refractivity contribution in [3.63, 3.8) is 0 Å². The summed E-state index contributed by atoms with van der Waals surface area (Å²) in [5.41, 5.74) is 0.394. The summed E-state index contributed by atoms with van der Waals surface area (Å²) >= 11 is 0. The van der Waals surface area contributed by atoms with Gasteiger partial charge in [-0.05, 0) is 45.1 Å². The van der Waals surface area contributed by atoms with Gasteiger partial charge in [-0.25, -0.2) is 0 Å². The molecule has 0 radical (unpaired) electrons. The van der Waals surface area contributed by atoms with E-state index in [2.05, 4.69) is 35.9 Å². The highest BCUT2D eigenvalue weighted by atomic mass is 16.5. The largest absolute Gasteiger partial charge is 0.381 e. The fraction of sp³-hybridized carbons (Fsp3) is 0.950. The highest BCUT2D eigenvalue weighted by molar-refractivity contribution is 5.80. The summed E-state index contributed by atoms with van der Waals surface area (Å²) in [6.07, 6.45) is 6.47. The van der Waals surface area contributed by atoms with Crippen molar-refractivity contribution in [3.05, 3.63) is 0 Å². The van der Waals surface area contributed by atoms with Gasteiger partial charge in [0.2, 0.25) is 0 Å². The number of hydrogen-bond acceptors (Lipinski definition) is 3. The van der Waals surface area contributed by atoms with Gasteiger partial charge in [-0.15, -0.1) is 0 Å². The lowest BCUT2D eigenvalue weighted by Crippen LogP contribution is -2.45. The monoisotopic (exact) mass is 350 g/mol. The third kappa shape index (κ3) is 4.88. The molecule has 1 spiro atoms. The maximum atomic E-state index is 5.68. The molecule has 3 rings (SSSR count). The second kappa shape index (κ2) is 8.72. The molecule has 2 atom stereocenters. The van der Waals surface area contributed by atoms with E-state index in [4.69, 9.17) is 9.73 Å². The maximum absolute atomic E-state index is 5.68. The quantitative estimate of drug-likeness (QED) is 0.611. The number of rotatable bonds is 5. The van der Waals surface area contributed by atoms with E-state index in [1.54, 1.807) is 0 Å². The van der Waals surface area contributed by atoms with Crippen LogP contribution in [0.4, 0.5) is 0 Å². The normalized spacial score (nSPS) is 31.4. The van der Waals surface area contributed by atoms with Gasteiger partial charge in [0.1, 0.15) is 0 Å². The third-order valence-corrected chi connectivity index (χ3v) is 6.06. The molecule has 3 aliphatic rings. The summed E-state index contributed by atoms with van der Waals surface area (Å²) in [5.74, 6) is 1.86. The van der Waals surface area contributed by atoms with Crippen LogP contribution in [0.15, 0.2) is 4.99 Å². The summed E-state index contributed by atoms with van der Waals surface area (Å²) in [6.45, 7) is 15.3. The molecule has 0 saturated carbocycles. The first kappa shape index (κ1) is 19.0. The minimum Gasteiger partial charge on any atom is -0.381 e. The van der Waals surface area contributed by atoms with Crippen LogP contribution in [0.25, 0.3) is 0 Å². The molecule has 5 heteroatoms. The van der Waals surface area contributed by atoms with E-state index in [1.165, 1.54) is 45.2 Å². The Balaban J connectivity index is 1.61. The van der Waals surface area contributed by atoms with Gasteiger partial charge < -0.3 is 15.0 Å². The minimum atomic E-state index is 0.394. The van der Waals surface area contributed by atoms with Crippen LogP contribution in [0.5, 0.6) is 0 Å². The van der Waals surface area contributed by atoms with Gasteiger partial charge in [0.05, 0.1) is 13.2 Å². The molecule has 0 aromatic rings. The fourth-order valence-corrected chi connectivity index (χ4v) is 4.68. The van der Waals surface area contributed by atoms with Crippen LogP contribution >= 0.6 is 0 Å². The summed E-state index contributed by atoms with van der Waals surface area (Å²) in [5, 5.41) is 3.54. The Bertz CT molecular complexity index is 445. The molecule has 144 valence electrons. The first-order valence-electron chi connectivity index (χ1n) is 10.5. The first-order valence-corrected chi connectivity index (χ1v) is 10.5. The number of piperidine rings is 1. The van der Waals surface area contributed by atoms with Crippen LogP contribution in [0.1, 0.15) is 52.9 Å². The molecular formula is C20H38N4O. The molecule has 3 fully saturated rings. The van der Waals surface area contributed by atoms with Crippen molar-refractivity contribution in [2.75, 3.05) is 52.5 Å². The molecular weight excluding hydrogens is 312 g/mol. The van der Waals surface area contributed by atoms with E-state index in [9.17, 15) is 0 Å². The van der Waals surface area contributed by atoms with Crippen LogP contribution in [0, 0.1) is 11.3 Å². The fourth-order valence-electron chi connectivity index (χ4n) is 4.68. The number of guanidine groups is 1. The number of hydrogen-bond donors (Lipinski definition) is 1. The van der Waals surface area contributed by atoms with Crippen molar-refractivity contribution in [3.8, 4) is 0 Å². The molecule has 3 saturated heterocycles. The van der Waals surface area contributed by atoms with Crippen molar-refractivity contribution in [1.82, 2.24) is 15.1 Å². The smallest absolute Gasteiger partial charge is 0.193 e. The van der Waals surface area contributed by atoms with E-state index in [1.807, 2.05) is 0 Å². The second-order valence-corrected chi connectivity index (χ2v) is 8.71. The third-order valence-electron chi connectivity index (χ3n) is 6.06. The lowest BCUT2D eigenvalue weighted by atomic mass is 9.87. The summed E-state index contributed by atoms with van der Waals surface area (Å²) in [4.78, 5) is 10.2. The molecule has 5 nitrogen and oxygen atoms in total. The van der Waals surface area contributed by atoms with E-state index in [0.717, 1.165) is 51.3 Å². The zero-order chi connectivity index (χ0) is 17.7. The number of aliphatic imine (C=N–C) groups is 1. The molecule has 3 heterocycles. The summed E-state index contributed by atoms with van der Waals surface area (Å²) < 4.78 is 5.68. The highest BCUT2D eigenvalue weighted by Gasteiger charge is 2.42. The SMILES string of the molecule is CCNC(=NCC1CCCCN1CC(C)C)N1CCC2(CCOC2)C1. The number of nitrogens with zero attached hydrogens (tertiary/aromatic N) is 3. The molecule has 0 aromatic carbocycles. The van der Waals surface area contributed by atoms with E-state index in [0.29, 0.717) is 11.5 Å². The van der Waals surface area contributed by atoms with Gasteiger partial charge in [-0.2, -0.15) is 0 Å². The van der Waals surface area contributed by atoms with E-state index in [-0.39, 0.29) is 0 Å². The molecule has 25 heavy (non-hydrogen) atoms. The molecule has 0 aliphatic carbocycles. The second-order valence-electron chi connectivity index (χ2n) is 8.71. The number of likely N-dealkylation sites (tertiary alicyclic amines) is 2. The zero-order valence-electron chi connectivity index (χ0n) is 16.6. The van der Waals surface area contributed by atoms with Crippen molar-refractivity contribution >= 4 is 5.96 Å². The minimum absolute atomic E-state index is 0.394. The molecule has 0 bridgehead atoms. The van der Waals surface area contributed by atoms with Crippen molar-refractivity contribution < 1.29 is 4.74 Å². The molecule has 0 aromatic heterocycles. The number of ether oxygens (including phenoxy) is 1. The lowest BCUT2D eigenvalue weighted by Gasteiger charge is -2.36. The molecule has 1 N–H and O–H groups in total. The Morgan fingerprint density at radius 3 is 2.88 bits per heavy atom. The van der Waals surface area contributed by atoms with Crippen molar-refractivity contribution in [1.29, 1.82) is 0 Å². The van der Waals surface area contributed by atoms with Gasteiger partial charge >= 0.3 is 0 Å².